The third kappa shape index (κ3) is 4.87. The maximum Gasteiger partial charge on any atom is 0.122 e. The van der Waals surface area contributed by atoms with Crippen molar-refractivity contribution in [1.29, 1.82) is 0 Å². The Kier molecular flexibility index (Phi) is 7.14. The zero-order valence-electron chi connectivity index (χ0n) is 11.6. The molecular weight excluding hydrogens is 246 g/mol. The number of ether oxygens (including phenoxy) is 1. The Morgan fingerprint density at radius 3 is 2.72 bits per heavy atom. The van der Waals surface area contributed by atoms with Gasteiger partial charge in [0.25, 0.3) is 0 Å². The van der Waals surface area contributed by atoms with Gasteiger partial charge in [-0.15, -0.1) is 0 Å². The molecule has 18 heavy (non-hydrogen) atoms. The fourth-order valence-corrected chi connectivity index (χ4v) is 2.38. The minimum atomic E-state index is 0.502. The quantitative estimate of drug-likeness (QED) is 0.768. The number of hydrogen-bond donors (Lipinski definition) is 1. The van der Waals surface area contributed by atoms with Crippen molar-refractivity contribution in [2.75, 3.05) is 13.7 Å². The average molecular weight is 270 g/mol. The van der Waals surface area contributed by atoms with Crippen LogP contribution in [0, 0.1) is 0 Å². The van der Waals surface area contributed by atoms with E-state index in [4.69, 9.17) is 16.3 Å². The van der Waals surface area contributed by atoms with Crippen LogP contribution in [0.4, 0.5) is 0 Å². The Balaban J connectivity index is 2.74. The number of rotatable bonds is 8. The zero-order chi connectivity index (χ0) is 13.4. The molecule has 3 heteroatoms. The second kappa shape index (κ2) is 8.39. The molecule has 0 radical (unpaired) electrons. The maximum absolute atomic E-state index is 6.06. The van der Waals surface area contributed by atoms with Crippen LogP contribution in [0.1, 0.15) is 38.7 Å². The highest BCUT2D eigenvalue weighted by Gasteiger charge is 2.12. The van der Waals surface area contributed by atoms with E-state index in [1.165, 1.54) is 24.8 Å². The van der Waals surface area contributed by atoms with E-state index in [1.807, 2.05) is 18.2 Å². The van der Waals surface area contributed by atoms with Gasteiger partial charge in [-0.1, -0.05) is 38.3 Å². The van der Waals surface area contributed by atoms with Crippen molar-refractivity contribution >= 4 is 11.6 Å². The van der Waals surface area contributed by atoms with Gasteiger partial charge in [-0.25, -0.2) is 0 Å². The van der Waals surface area contributed by atoms with Crippen LogP contribution in [0.15, 0.2) is 18.2 Å². The number of hydrogen-bond acceptors (Lipinski definition) is 2. The second-order valence-electron chi connectivity index (χ2n) is 4.56. The summed E-state index contributed by atoms with van der Waals surface area (Å²) in [7, 11) is 1.71. The van der Waals surface area contributed by atoms with Crippen LogP contribution in [-0.4, -0.2) is 19.7 Å². The Morgan fingerprint density at radius 2 is 2.11 bits per heavy atom. The Morgan fingerprint density at radius 1 is 1.33 bits per heavy atom. The summed E-state index contributed by atoms with van der Waals surface area (Å²) in [6, 6.07) is 6.33. The van der Waals surface area contributed by atoms with Crippen LogP contribution >= 0.6 is 11.6 Å². The van der Waals surface area contributed by atoms with Crippen molar-refractivity contribution in [2.45, 2.75) is 45.6 Å². The fourth-order valence-electron chi connectivity index (χ4n) is 2.19. The molecule has 0 aromatic heterocycles. The molecule has 0 spiro atoms. The highest BCUT2D eigenvalue weighted by atomic mass is 35.5. The van der Waals surface area contributed by atoms with Crippen molar-refractivity contribution in [2.24, 2.45) is 0 Å². The molecule has 0 bridgehead atoms. The van der Waals surface area contributed by atoms with E-state index in [-0.39, 0.29) is 0 Å². The molecule has 0 fully saturated rings. The third-order valence-electron chi connectivity index (χ3n) is 3.11. The summed E-state index contributed by atoms with van der Waals surface area (Å²) in [4.78, 5) is 0. The first-order valence-corrected chi connectivity index (χ1v) is 7.14. The van der Waals surface area contributed by atoms with E-state index in [2.05, 4.69) is 19.2 Å². The zero-order valence-corrected chi connectivity index (χ0v) is 12.4. The first-order valence-electron chi connectivity index (χ1n) is 6.77. The number of benzene rings is 1. The van der Waals surface area contributed by atoms with Gasteiger partial charge < -0.3 is 10.1 Å². The summed E-state index contributed by atoms with van der Waals surface area (Å²) in [5.41, 5.74) is 1.19. The molecule has 1 aromatic carbocycles. The van der Waals surface area contributed by atoms with Crippen LogP contribution in [-0.2, 0) is 6.42 Å². The largest absolute Gasteiger partial charge is 0.496 e. The molecule has 0 heterocycles. The number of likely N-dealkylation sites (N-methyl/N-ethyl adjacent to an activating group) is 1. The van der Waals surface area contributed by atoms with Gasteiger partial charge in [-0.05, 0) is 43.1 Å². The van der Waals surface area contributed by atoms with Crippen molar-refractivity contribution < 1.29 is 4.74 Å². The van der Waals surface area contributed by atoms with E-state index in [1.54, 1.807) is 7.11 Å². The Bertz CT molecular complexity index is 354. The minimum Gasteiger partial charge on any atom is -0.496 e. The summed E-state index contributed by atoms with van der Waals surface area (Å²) >= 11 is 6.06. The lowest BCUT2D eigenvalue weighted by Gasteiger charge is -2.19. The topological polar surface area (TPSA) is 21.3 Å². The minimum absolute atomic E-state index is 0.502. The molecule has 102 valence electrons. The summed E-state index contributed by atoms with van der Waals surface area (Å²) in [5, 5.41) is 4.31. The number of unbranched alkanes of at least 4 members (excludes halogenated alkanes) is 1. The molecule has 1 aromatic rings. The van der Waals surface area contributed by atoms with Crippen molar-refractivity contribution in [3.05, 3.63) is 28.8 Å². The molecule has 1 atom stereocenters. The second-order valence-corrected chi connectivity index (χ2v) is 4.99. The maximum atomic E-state index is 6.06. The van der Waals surface area contributed by atoms with E-state index in [9.17, 15) is 0 Å². The molecule has 1 unspecified atom stereocenters. The Hall–Kier alpha value is -0.730. The molecule has 0 aliphatic carbocycles. The van der Waals surface area contributed by atoms with Gasteiger partial charge >= 0.3 is 0 Å². The molecule has 0 saturated heterocycles. The predicted molar refractivity (Wildman–Crippen MR) is 78.7 cm³/mol. The number of halogens is 1. The monoisotopic (exact) mass is 269 g/mol. The third-order valence-corrected chi connectivity index (χ3v) is 3.34. The SMILES string of the molecule is CCCCC(Cc1cc(Cl)ccc1OC)NCC. The van der Waals surface area contributed by atoms with Crippen molar-refractivity contribution in [3.8, 4) is 5.75 Å². The van der Waals surface area contributed by atoms with Gasteiger partial charge in [-0.2, -0.15) is 0 Å². The lowest BCUT2D eigenvalue weighted by molar-refractivity contribution is 0.402. The molecule has 2 nitrogen and oxygen atoms in total. The smallest absolute Gasteiger partial charge is 0.122 e. The summed E-state index contributed by atoms with van der Waals surface area (Å²) in [5.74, 6) is 0.929. The normalized spacial score (nSPS) is 12.4. The van der Waals surface area contributed by atoms with Gasteiger partial charge in [0.15, 0.2) is 0 Å². The fraction of sp³-hybridized carbons (Fsp3) is 0.600. The van der Waals surface area contributed by atoms with E-state index >= 15 is 0 Å². The van der Waals surface area contributed by atoms with Gasteiger partial charge in [0.05, 0.1) is 7.11 Å². The van der Waals surface area contributed by atoms with Crippen molar-refractivity contribution in [3.63, 3.8) is 0 Å². The molecule has 0 aliphatic rings. The van der Waals surface area contributed by atoms with Crippen LogP contribution in [0.3, 0.4) is 0 Å². The van der Waals surface area contributed by atoms with Crippen LogP contribution in [0.25, 0.3) is 0 Å². The van der Waals surface area contributed by atoms with Gasteiger partial charge in [0.2, 0.25) is 0 Å². The standard InChI is InChI=1S/C15H24ClNO/c1-4-6-7-14(17-5-2)11-12-10-13(16)8-9-15(12)18-3/h8-10,14,17H,4-7,11H2,1-3H3. The van der Waals surface area contributed by atoms with E-state index < -0.39 is 0 Å². The molecule has 0 amide bonds. The summed E-state index contributed by atoms with van der Waals surface area (Å²) < 4.78 is 5.40. The molecule has 0 saturated carbocycles. The number of nitrogens with one attached hydrogen (secondary N) is 1. The molecular formula is C15H24ClNO. The summed E-state index contributed by atoms with van der Waals surface area (Å²) in [6.45, 7) is 5.37. The molecule has 0 aliphatic heterocycles. The highest BCUT2D eigenvalue weighted by Crippen LogP contribution is 2.24. The average Bonchev–Trinajstić information content (AvgIpc) is 2.36. The van der Waals surface area contributed by atoms with E-state index in [0.29, 0.717) is 6.04 Å². The lowest BCUT2D eigenvalue weighted by atomic mass is 10.00. The number of methoxy groups -OCH3 is 1. The molecule has 1 rings (SSSR count). The van der Waals surface area contributed by atoms with Crippen LogP contribution in [0.5, 0.6) is 5.75 Å². The lowest BCUT2D eigenvalue weighted by Crippen LogP contribution is -2.31. The van der Waals surface area contributed by atoms with Gasteiger partial charge in [0.1, 0.15) is 5.75 Å². The Labute approximate surface area is 116 Å². The molecule has 1 N–H and O–H groups in total. The van der Waals surface area contributed by atoms with E-state index in [0.717, 1.165) is 23.7 Å². The highest BCUT2D eigenvalue weighted by molar-refractivity contribution is 6.30. The van der Waals surface area contributed by atoms with Crippen molar-refractivity contribution in [1.82, 2.24) is 5.32 Å². The van der Waals surface area contributed by atoms with Crippen LogP contribution in [0.2, 0.25) is 5.02 Å². The van der Waals surface area contributed by atoms with Gasteiger partial charge in [-0.3, -0.25) is 0 Å². The van der Waals surface area contributed by atoms with Crippen LogP contribution < -0.4 is 10.1 Å². The summed E-state index contributed by atoms with van der Waals surface area (Å²) in [6.07, 6.45) is 4.65. The first-order chi connectivity index (χ1) is 8.71. The predicted octanol–water partition coefficient (Wildman–Crippen LogP) is 4.06. The van der Waals surface area contributed by atoms with Gasteiger partial charge in [0, 0.05) is 11.1 Å². The first kappa shape index (κ1) is 15.3.